The van der Waals surface area contributed by atoms with Crippen LogP contribution in [0.2, 0.25) is 5.02 Å². The van der Waals surface area contributed by atoms with Crippen molar-refractivity contribution in [3.8, 4) is 0 Å². The molecule has 3 nitrogen and oxygen atoms in total. The van der Waals surface area contributed by atoms with Crippen molar-refractivity contribution in [2.75, 3.05) is 20.1 Å². The second kappa shape index (κ2) is 5.51. The lowest BCUT2D eigenvalue weighted by Gasteiger charge is -2.29. The molecule has 1 aliphatic rings. The number of nitrogens with one attached hydrogen (secondary N) is 1. The lowest BCUT2D eigenvalue weighted by atomic mass is 9.93. The Morgan fingerprint density at radius 2 is 2.11 bits per heavy atom. The summed E-state index contributed by atoms with van der Waals surface area (Å²) in [5.41, 5.74) is 0.507. The van der Waals surface area contributed by atoms with Gasteiger partial charge in [-0.2, -0.15) is 0 Å². The SMILES string of the molecule is CN1CC[C@@H](C(=O)NC(C)(C)c2ccccc2Cl)C1. The van der Waals surface area contributed by atoms with Crippen LogP contribution in [0.5, 0.6) is 0 Å². The number of nitrogens with zero attached hydrogens (tertiary/aromatic N) is 1. The van der Waals surface area contributed by atoms with Crippen molar-refractivity contribution in [3.63, 3.8) is 0 Å². The largest absolute Gasteiger partial charge is 0.347 e. The molecule has 19 heavy (non-hydrogen) atoms. The average molecular weight is 281 g/mol. The molecule has 0 aliphatic carbocycles. The lowest BCUT2D eigenvalue weighted by Crippen LogP contribution is -2.44. The Hall–Kier alpha value is -1.06. The van der Waals surface area contributed by atoms with Crippen molar-refractivity contribution in [1.29, 1.82) is 0 Å². The van der Waals surface area contributed by atoms with Gasteiger partial charge < -0.3 is 10.2 Å². The maximum atomic E-state index is 12.3. The molecule has 104 valence electrons. The zero-order valence-electron chi connectivity index (χ0n) is 11.7. The number of hydrogen-bond acceptors (Lipinski definition) is 2. The zero-order valence-corrected chi connectivity index (χ0v) is 12.5. The van der Waals surface area contributed by atoms with Crippen molar-refractivity contribution >= 4 is 17.5 Å². The highest BCUT2D eigenvalue weighted by Gasteiger charge is 2.31. The van der Waals surface area contributed by atoms with Gasteiger partial charge in [-0.1, -0.05) is 29.8 Å². The second-order valence-corrected chi connectivity index (χ2v) is 6.25. The molecule has 1 aromatic carbocycles. The first-order chi connectivity index (χ1) is 8.90. The van der Waals surface area contributed by atoms with E-state index in [4.69, 9.17) is 11.6 Å². The van der Waals surface area contributed by atoms with Gasteiger partial charge in [0.15, 0.2) is 0 Å². The van der Waals surface area contributed by atoms with Crippen molar-refractivity contribution in [2.45, 2.75) is 25.8 Å². The van der Waals surface area contributed by atoms with Gasteiger partial charge in [0.05, 0.1) is 11.5 Å². The summed E-state index contributed by atoms with van der Waals surface area (Å²) in [6.07, 6.45) is 0.931. The minimum absolute atomic E-state index is 0.0896. The third-order valence-electron chi connectivity index (χ3n) is 3.75. The van der Waals surface area contributed by atoms with E-state index in [0.717, 1.165) is 25.1 Å². The summed E-state index contributed by atoms with van der Waals surface area (Å²) < 4.78 is 0. The van der Waals surface area contributed by atoms with Crippen LogP contribution in [-0.4, -0.2) is 30.9 Å². The van der Waals surface area contributed by atoms with E-state index < -0.39 is 5.54 Å². The summed E-state index contributed by atoms with van der Waals surface area (Å²) in [5, 5.41) is 3.82. The van der Waals surface area contributed by atoms with Gasteiger partial charge >= 0.3 is 0 Å². The van der Waals surface area contributed by atoms with Gasteiger partial charge in [0.25, 0.3) is 0 Å². The Labute approximate surface area is 119 Å². The molecule has 1 aromatic rings. The molecule has 1 saturated heterocycles. The van der Waals surface area contributed by atoms with Crippen molar-refractivity contribution in [2.24, 2.45) is 5.92 Å². The number of likely N-dealkylation sites (tertiary alicyclic amines) is 1. The molecule has 0 unspecified atom stereocenters. The Morgan fingerprint density at radius 3 is 2.68 bits per heavy atom. The van der Waals surface area contributed by atoms with E-state index >= 15 is 0 Å². The zero-order chi connectivity index (χ0) is 14.0. The fourth-order valence-electron chi connectivity index (χ4n) is 2.59. The second-order valence-electron chi connectivity index (χ2n) is 5.84. The highest BCUT2D eigenvalue weighted by atomic mass is 35.5. The van der Waals surface area contributed by atoms with E-state index in [9.17, 15) is 4.79 Å². The Kier molecular flexibility index (Phi) is 4.16. The normalized spacial score (nSPS) is 20.5. The predicted octanol–water partition coefficient (Wildman–Crippen LogP) is 2.64. The molecule has 0 radical (unpaired) electrons. The average Bonchev–Trinajstić information content (AvgIpc) is 2.76. The number of carbonyl (C=O) groups is 1. The van der Waals surface area contributed by atoms with Crippen LogP contribution in [0, 0.1) is 5.92 Å². The number of carbonyl (C=O) groups excluding carboxylic acids is 1. The van der Waals surface area contributed by atoms with Gasteiger partial charge in [0.2, 0.25) is 5.91 Å². The van der Waals surface area contributed by atoms with E-state index in [2.05, 4.69) is 10.2 Å². The van der Waals surface area contributed by atoms with Gasteiger partial charge in [-0.05, 0) is 45.5 Å². The topological polar surface area (TPSA) is 32.3 Å². The van der Waals surface area contributed by atoms with Crippen LogP contribution >= 0.6 is 11.6 Å². The van der Waals surface area contributed by atoms with Crippen molar-refractivity contribution in [1.82, 2.24) is 10.2 Å². The fourth-order valence-corrected chi connectivity index (χ4v) is 2.97. The number of benzene rings is 1. The van der Waals surface area contributed by atoms with E-state index in [0.29, 0.717) is 5.02 Å². The smallest absolute Gasteiger partial charge is 0.225 e. The van der Waals surface area contributed by atoms with Gasteiger partial charge in [-0.15, -0.1) is 0 Å². The number of halogens is 1. The Balaban J connectivity index is 2.09. The van der Waals surface area contributed by atoms with Crippen LogP contribution in [-0.2, 0) is 10.3 Å². The molecule has 0 spiro atoms. The summed E-state index contributed by atoms with van der Waals surface area (Å²) in [7, 11) is 2.05. The molecule has 1 amide bonds. The summed E-state index contributed by atoms with van der Waals surface area (Å²) in [5.74, 6) is 0.209. The van der Waals surface area contributed by atoms with Gasteiger partial charge in [0, 0.05) is 11.6 Å². The first kappa shape index (κ1) is 14.4. The molecule has 4 heteroatoms. The first-order valence-corrected chi connectivity index (χ1v) is 7.03. The minimum atomic E-state index is -0.448. The summed E-state index contributed by atoms with van der Waals surface area (Å²) in [6, 6.07) is 7.66. The molecule has 0 aromatic heterocycles. The first-order valence-electron chi connectivity index (χ1n) is 6.66. The molecule has 0 saturated carbocycles. The molecular formula is C15H21ClN2O. The molecule has 1 fully saturated rings. The highest BCUT2D eigenvalue weighted by molar-refractivity contribution is 6.31. The highest BCUT2D eigenvalue weighted by Crippen LogP contribution is 2.28. The maximum Gasteiger partial charge on any atom is 0.225 e. The molecule has 0 bridgehead atoms. The van der Waals surface area contributed by atoms with E-state index in [1.807, 2.05) is 45.2 Å². The van der Waals surface area contributed by atoms with E-state index in [-0.39, 0.29) is 11.8 Å². The summed E-state index contributed by atoms with van der Waals surface area (Å²) in [6.45, 7) is 5.81. The van der Waals surface area contributed by atoms with Crippen LogP contribution < -0.4 is 5.32 Å². The van der Waals surface area contributed by atoms with Crippen LogP contribution in [0.15, 0.2) is 24.3 Å². The van der Waals surface area contributed by atoms with Crippen molar-refractivity contribution in [3.05, 3.63) is 34.9 Å². The molecule has 1 N–H and O–H groups in total. The monoisotopic (exact) mass is 280 g/mol. The molecular weight excluding hydrogens is 260 g/mol. The van der Waals surface area contributed by atoms with Crippen LogP contribution in [0.3, 0.4) is 0 Å². The van der Waals surface area contributed by atoms with Gasteiger partial charge in [-0.3, -0.25) is 4.79 Å². The summed E-state index contributed by atoms with van der Waals surface area (Å²) >= 11 is 6.22. The number of amides is 1. The standard InChI is InChI=1S/C15H21ClN2O/c1-15(2,12-6-4-5-7-13(12)16)17-14(19)11-8-9-18(3)10-11/h4-7,11H,8-10H2,1-3H3,(H,17,19)/t11-/m1/s1. The minimum Gasteiger partial charge on any atom is -0.347 e. The Morgan fingerprint density at radius 1 is 1.42 bits per heavy atom. The Bertz CT molecular complexity index is 473. The van der Waals surface area contributed by atoms with Crippen LogP contribution in [0.1, 0.15) is 25.8 Å². The fraction of sp³-hybridized carbons (Fsp3) is 0.533. The van der Waals surface area contributed by atoms with Crippen LogP contribution in [0.4, 0.5) is 0 Å². The third kappa shape index (κ3) is 3.28. The maximum absolute atomic E-state index is 12.3. The van der Waals surface area contributed by atoms with Gasteiger partial charge in [0.1, 0.15) is 0 Å². The third-order valence-corrected chi connectivity index (χ3v) is 4.07. The van der Waals surface area contributed by atoms with E-state index in [1.54, 1.807) is 0 Å². The molecule has 1 heterocycles. The lowest BCUT2D eigenvalue weighted by molar-refractivity contribution is -0.126. The van der Waals surface area contributed by atoms with E-state index in [1.165, 1.54) is 0 Å². The quantitative estimate of drug-likeness (QED) is 0.923. The van der Waals surface area contributed by atoms with Crippen molar-refractivity contribution < 1.29 is 4.79 Å². The molecule has 1 atom stereocenters. The number of rotatable bonds is 3. The molecule has 1 aliphatic heterocycles. The summed E-state index contributed by atoms with van der Waals surface area (Å²) in [4.78, 5) is 14.5. The van der Waals surface area contributed by atoms with Gasteiger partial charge in [-0.25, -0.2) is 0 Å². The predicted molar refractivity (Wildman–Crippen MR) is 78.2 cm³/mol. The number of hydrogen-bond donors (Lipinski definition) is 1. The molecule has 2 rings (SSSR count). The van der Waals surface area contributed by atoms with Crippen LogP contribution in [0.25, 0.3) is 0 Å².